The number of nitrogens with one attached hydrogen (secondary N) is 1. The number of aliphatic hydroxyl groups excluding tert-OH is 1. The summed E-state index contributed by atoms with van der Waals surface area (Å²) in [6.45, 7) is 3.88. The average Bonchev–Trinajstić information content (AvgIpc) is 2.91. The fourth-order valence-corrected chi connectivity index (χ4v) is 4.55. The Morgan fingerprint density at radius 2 is 1.94 bits per heavy atom. The molecule has 1 saturated heterocycles. The summed E-state index contributed by atoms with van der Waals surface area (Å²) in [4.78, 5) is 11.2. The first-order chi connectivity index (χ1) is 17.7. The molecule has 1 aliphatic rings. The topological polar surface area (TPSA) is 70.5 Å². The molecule has 1 fully saturated rings. The number of hydrogen-bond donors (Lipinski definition) is 2. The van der Waals surface area contributed by atoms with E-state index in [4.69, 9.17) is 4.74 Å². The number of piperidine rings is 1. The van der Waals surface area contributed by atoms with Gasteiger partial charge in [-0.1, -0.05) is 36.5 Å². The van der Waals surface area contributed by atoms with Crippen LogP contribution in [0.1, 0.15) is 30.4 Å². The molecule has 1 aliphatic heterocycles. The number of likely N-dealkylation sites (tertiary alicyclic amines) is 1. The smallest absolute Gasteiger partial charge is 0.141 e. The molecule has 0 radical (unpaired) electrons. The second-order valence-corrected chi connectivity index (χ2v) is 9.08. The molecule has 6 heteroatoms. The predicted molar refractivity (Wildman–Crippen MR) is 144 cm³/mol. The predicted octanol–water partition coefficient (Wildman–Crippen LogP) is 5.67. The van der Waals surface area contributed by atoms with Crippen molar-refractivity contribution in [2.75, 3.05) is 25.0 Å². The summed E-state index contributed by atoms with van der Waals surface area (Å²) in [5, 5.41) is 14.0. The third-order valence-corrected chi connectivity index (χ3v) is 6.52. The minimum Gasteiger partial charge on any atom is -0.457 e. The SMILES string of the molecule is Cc1cc(Nc2ncnc3ccc(C#CCN4CCCCC4CO)cc23)ccc1Oc1ccccc1. The van der Waals surface area contributed by atoms with Gasteiger partial charge < -0.3 is 15.2 Å². The van der Waals surface area contributed by atoms with Crippen molar-refractivity contribution in [2.24, 2.45) is 0 Å². The highest BCUT2D eigenvalue weighted by molar-refractivity contribution is 5.91. The lowest BCUT2D eigenvalue weighted by molar-refractivity contribution is 0.103. The zero-order valence-corrected chi connectivity index (χ0v) is 20.4. The monoisotopic (exact) mass is 478 g/mol. The maximum absolute atomic E-state index is 9.63. The fourth-order valence-electron chi connectivity index (χ4n) is 4.55. The molecule has 5 rings (SSSR count). The molecule has 0 amide bonds. The number of aromatic nitrogens is 2. The van der Waals surface area contributed by atoms with Gasteiger partial charge in [-0.15, -0.1) is 0 Å². The normalized spacial score (nSPS) is 15.8. The standard InChI is InChI=1S/C30H30N4O2/c1-22-18-24(13-15-29(22)36-26-10-3-2-4-11-26)33-30-27-19-23(12-14-28(27)31-21-32-30)8-7-17-34-16-6-5-9-25(34)20-35/h2-4,10-15,18-19,21,25,35H,5-6,9,16-17,20H2,1H3,(H,31,32,33). The highest BCUT2D eigenvalue weighted by Gasteiger charge is 2.20. The summed E-state index contributed by atoms with van der Waals surface area (Å²) in [6.07, 6.45) is 4.96. The largest absolute Gasteiger partial charge is 0.457 e. The van der Waals surface area contributed by atoms with Crippen LogP contribution in [0.3, 0.4) is 0 Å². The van der Waals surface area contributed by atoms with Crippen LogP contribution < -0.4 is 10.1 Å². The van der Waals surface area contributed by atoms with Crippen LogP contribution in [0.2, 0.25) is 0 Å². The Morgan fingerprint density at radius 1 is 1.06 bits per heavy atom. The van der Waals surface area contributed by atoms with Gasteiger partial charge in [0.2, 0.25) is 0 Å². The fraction of sp³-hybridized carbons (Fsp3) is 0.267. The number of rotatable bonds is 6. The maximum atomic E-state index is 9.63. The summed E-state index contributed by atoms with van der Waals surface area (Å²) in [6, 6.07) is 22.0. The van der Waals surface area contributed by atoms with Crippen molar-refractivity contribution in [1.82, 2.24) is 14.9 Å². The van der Waals surface area contributed by atoms with Crippen LogP contribution in [0.5, 0.6) is 11.5 Å². The second kappa shape index (κ2) is 11.2. The van der Waals surface area contributed by atoms with E-state index < -0.39 is 0 Å². The van der Waals surface area contributed by atoms with Crippen LogP contribution in [0, 0.1) is 18.8 Å². The Bertz CT molecular complexity index is 1390. The minimum atomic E-state index is 0.197. The highest BCUT2D eigenvalue weighted by atomic mass is 16.5. The Morgan fingerprint density at radius 3 is 2.78 bits per heavy atom. The highest BCUT2D eigenvalue weighted by Crippen LogP contribution is 2.30. The molecule has 3 aromatic carbocycles. The average molecular weight is 479 g/mol. The molecular weight excluding hydrogens is 448 g/mol. The second-order valence-electron chi connectivity index (χ2n) is 9.08. The lowest BCUT2D eigenvalue weighted by Crippen LogP contribution is -2.41. The molecule has 182 valence electrons. The molecule has 0 saturated carbocycles. The van der Waals surface area contributed by atoms with Gasteiger partial charge in [-0.3, -0.25) is 4.90 Å². The quantitative estimate of drug-likeness (QED) is 0.348. The van der Waals surface area contributed by atoms with Crippen molar-refractivity contribution in [3.63, 3.8) is 0 Å². The summed E-state index contributed by atoms with van der Waals surface area (Å²) in [5.41, 5.74) is 3.72. The number of fused-ring (bicyclic) bond motifs is 1. The van der Waals surface area contributed by atoms with E-state index in [0.29, 0.717) is 6.54 Å². The molecule has 4 aromatic rings. The van der Waals surface area contributed by atoms with E-state index in [1.807, 2.05) is 73.7 Å². The van der Waals surface area contributed by atoms with Crippen LogP contribution in [0.15, 0.2) is 73.1 Å². The van der Waals surface area contributed by atoms with Crippen LogP contribution in [0.4, 0.5) is 11.5 Å². The number of anilines is 2. The Hall–Kier alpha value is -3.92. The number of aliphatic hydroxyl groups is 1. The van der Waals surface area contributed by atoms with Gasteiger partial charge in [-0.25, -0.2) is 9.97 Å². The number of hydrogen-bond acceptors (Lipinski definition) is 6. The lowest BCUT2D eigenvalue weighted by atomic mass is 10.0. The zero-order valence-electron chi connectivity index (χ0n) is 20.4. The van der Waals surface area contributed by atoms with Crippen LogP contribution in [-0.2, 0) is 0 Å². The number of aryl methyl sites for hydroxylation is 1. The minimum absolute atomic E-state index is 0.197. The Balaban J connectivity index is 1.33. The molecule has 0 spiro atoms. The number of benzene rings is 3. The van der Waals surface area contributed by atoms with Gasteiger partial charge in [0.25, 0.3) is 0 Å². The zero-order chi connectivity index (χ0) is 24.7. The lowest BCUT2D eigenvalue weighted by Gasteiger charge is -2.32. The van der Waals surface area contributed by atoms with E-state index >= 15 is 0 Å². The molecule has 0 bridgehead atoms. The molecule has 1 aromatic heterocycles. The first-order valence-corrected chi connectivity index (χ1v) is 12.4. The van der Waals surface area contributed by atoms with Crippen molar-refractivity contribution in [3.8, 4) is 23.3 Å². The van der Waals surface area contributed by atoms with Gasteiger partial charge in [-0.05, 0) is 80.4 Å². The molecule has 36 heavy (non-hydrogen) atoms. The van der Waals surface area contributed by atoms with Crippen molar-refractivity contribution < 1.29 is 9.84 Å². The van der Waals surface area contributed by atoms with Crippen molar-refractivity contribution in [2.45, 2.75) is 32.2 Å². The Labute approximate surface area is 212 Å². The third-order valence-electron chi connectivity index (χ3n) is 6.52. The van der Waals surface area contributed by atoms with E-state index in [-0.39, 0.29) is 12.6 Å². The van der Waals surface area contributed by atoms with Crippen LogP contribution in [0.25, 0.3) is 10.9 Å². The third kappa shape index (κ3) is 5.65. The first-order valence-electron chi connectivity index (χ1n) is 12.4. The van der Waals surface area contributed by atoms with E-state index in [1.54, 1.807) is 6.33 Å². The molecule has 1 unspecified atom stereocenters. The van der Waals surface area contributed by atoms with Crippen molar-refractivity contribution >= 4 is 22.4 Å². The summed E-state index contributed by atoms with van der Waals surface area (Å²) in [7, 11) is 0. The van der Waals surface area contributed by atoms with E-state index in [1.165, 1.54) is 12.8 Å². The number of ether oxygens (including phenoxy) is 1. The van der Waals surface area contributed by atoms with E-state index in [0.717, 1.165) is 58.0 Å². The molecule has 0 aliphatic carbocycles. The van der Waals surface area contributed by atoms with E-state index in [9.17, 15) is 5.11 Å². The summed E-state index contributed by atoms with van der Waals surface area (Å²) < 4.78 is 6.01. The maximum Gasteiger partial charge on any atom is 0.141 e. The number of nitrogens with zero attached hydrogens (tertiary/aromatic N) is 3. The van der Waals surface area contributed by atoms with E-state index in [2.05, 4.69) is 32.0 Å². The first kappa shape index (κ1) is 23.8. The van der Waals surface area contributed by atoms with Crippen molar-refractivity contribution in [3.05, 3.63) is 84.2 Å². The summed E-state index contributed by atoms with van der Waals surface area (Å²) in [5.74, 6) is 8.93. The number of para-hydroxylation sites is 1. The van der Waals surface area contributed by atoms with Gasteiger partial charge in [0, 0.05) is 22.7 Å². The summed E-state index contributed by atoms with van der Waals surface area (Å²) >= 11 is 0. The molecule has 2 heterocycles. The Kier molecular flexibility index (Phi) is 7.41. The molecule has 2 N–H and O–H groups in total. The van der Waals surface area contributed by atoms with Gasteiger partial charge in [0.15, 0.2) is 0 Å². The van der Waals surface area contributed by atoms with Gasteiger partial charge >= 0.3 is 0 Å². The van der Waals surface area contributed by atoms with Crippen molar-refractivity contribution in [1.29, 1.82) is 0 Å². The van der Waals surface area contributed by atoms with Crippen LogP contribution >= 0.6 is 0 Å². The molecule has 1 atom stereocenters. The van der Waals surface area contributed by atoms with Gasteiger partial charge in [-0.2, -0.15) is 0 Å². The molecular formula is C30H30N4O2. The van der Waals surface area contributed by atoms with Gasteiger partial charge in [0.1, 0.15) is 23.6 Å². The molecule has 6 nitrogen and oxygen atoms in total. The van der Waals surface area contributed by atoms with Gasteiger partial charge in [0.05, 0.1) is 18.7 Å². The van der Waals surface area contributed by atoms with Crippen LogP contribution in [-0.4, -0.2) is 45.7 Å².